The topological polar surface area (TPSA) is 107 Å². The molecular formula is C11H10F3NO5. The van der Waals surface area contributed by atoms with Crippen molar-refractivity contribution < 1.29 is 38.1 Å². The number of amides is 1. The van der Waals surface area contributed by atoms with Crippen LogP contribution in [0.25, 0.3) is 0 Å². The van der Waals surface area contributed by atoms with Crippen LogP contribution in [0.1, 0.15) is 17.3 Å². The van der Waals surface area contributed by atoms with Crippen molar-refractivity contribution in [2.24, 2.45) is 0 Å². The molecule has 0 radical (unpaired) electrons. The van der Waals surface area contributed by atoms with E-state index in [2.05, 4.69) is 0 Å². The lowest BCUT2D eigenvalue weighted by Gasteiger charge is -2.17. The van der Waals surface area contributed by atoms with Gasteiger partial charge >= 0.3 is 5.97 Å². The van der Waals surface area contributed by atoms with Crippen LogP contribution in [-0.2, 0) is 4.79 Å². The number of phenolic OH excluding ortho intramolecular Hbond substituents is 1. The average Bonchev–Trinajstić information content (AvgIpc) is 2.36. The lowest BCUT2D eigenvalue weighted by Crippen LogP contribution is -2.47. The molecule has 20 heavy (non-hydrogen) atoms. The summed E-state index contributed by atoms with van der Waals surface area (Å²) in [7, 11) is 0. The normalized spacial score (nSPS) is 13.7. The Balaban J connectivity index is 3.13. The number of carbonyl (C=O) groups excluding carboxylic acids is 1. The number of rotatable bonds is 4. The maximum Gasteiger partial charge on any atom is 0.328 e. The van der Waals surface area contributed by atoms with Crippen LogP contribution >= 0.6 is 0 Å². The molecule has 1 rings (SSSR count). The molecule has 0 saturated heterocycles. The van der Waals surface area contributed by atoms with Gasteiger partial charge in [-0.2, -0.15) is 4.39 Å². The van der Waals surface area contributed by atoms with Crippen LogP contribution in [0.3, 0.4) is 0 Å². The number of carboxylic acid groups (broad SMARTS) is 1. The first kappa shape index (κ1) is 15.8. The molecule has 9 heteroatoms. The molecule has 2 unspecified atom stereocenters. The molecule has 0 bridgehead atoms. The Morgan fingerprint density at radius 2 is 1.80 bits per heavy atom. The lowest BCUT2D eigenvalue weighted by atomic mass is 10.1. The Hall–Kier alpha value is -2.29. The van der Waals surface area contributed by atoms with E-state index in [1.165, 1.54) is 0 Å². The summed E-state index contributed by atoms with van der Waals surface area (Å²) in [5, 5.41) is 28.5. The molecule has 6 nitrogen and oxygen atoms in total. The zero-order valence-corrected chi connectivity index (χ0v) is 10.0. The fourth-order valence-corrected chi connectivity index (χ4v) is 1.36. The van der Waals surface area contributed by atoms with Crippen LogP contribution in [-0.4, -0.2) is 39.3 Å². The average molecular weight is 293 g/mol. The minimum Gasteiger partial charge on any atom is -0.503 e. The van der Waals surface area contributed by atoms with E-state index in [4.69, 9.17) is 15.3 Å². The van der Waals surface area contributed by atoms with E-state index < -0.39 is 52.8 Å². The van der Waals surface area contributed by atoms with Crippen molar-refractivity contribution in [3.8, 4) is 5.75 Å². The molecule has 0 aliphatic heterocycles. The summed E-state index contributed by atoms with van der Waals surface area (Å²) in [5.41, 5.74) is -1.09. The minimum absolute atomic E-state index is 0.167. The third-order valence-corrected chi connectivity index (χ3v) is 2.41. The second-order valence-electron chi connectivity index (χ2n) is 3.91. The fourth-order valence-electron chi connectivity index (χ4n) is 1.36. The summed E-state index contributed by atoms with van der Waals surface area (Å²) in [6.45, 7) is 1.05. The molecule has 0 aliphatic rings. The number of aromatic hydroxyl groups is 1. The van der Waals surface area contributed by atoms with Gasteiger partial charge in [0.25, 0.3) is 5.91 Å². The molecule has 4 N–H and O–H groups in total. The number of aliphatic hydroxyl groups excluding tert-OH is 1. The van der Waals surface area contributed by atoms with Crippen molar-refractivity contribution in [3.05, 3.63) is 29.1 Å². The van der Waals surface area contributed by atoms with E-state index in [1.54, 1.807) is 5.32 Å². The molecule has 110 valence electrons. The second-order valence-corrected chi connectivity index (χ2v) is 3.91. The molecule has 0 heterocycles. The molecule has 0 aromatic heterocycles. The highest BCUT2D eigenvalue weighted by molar-refractivity contribution is 5.97. The van der Waals surface area contributed by atoms with Crippen LogP contribution in [0.2, 0.25) is 0 Å². The lowest BCUT2D eigenvalue weighted by molar-refractivity contribution is -0.141. The number of phenols is 1. The second kappa shape index (κ2) is 5.78. The Kier molecular flexibility index (Phi) is 4.56. The van der Waals surface area contributed by atoms with E-state index in [1.807, 2.05) is 0 Å². The van der Waals surface area contributed by atoms with E-state index in [0.29, 0.717) is 0 Å². The Morgan fingerprint density at radius 3 is 2.25 bits per heavy atom. The van der Waals surface area contributed by atoms with Gasteiger partial charge in [-0.15, -0.1) is 0 Å². The first-order chi connectivity index (χ1) is 9.16. The molecule has 0 fully saturated rings. The van der Waals surface area contributed by atoms with Gasteiger partial charge in [-0.3, -0.25) is 4.79 Å². The number of aliphatic hydroxyl groups is 1. The Bertz CT molecular complexity index is 561. The summed E-state index contributed by atoms with van der Waals surface area (Å²) in [5.74, 6) is -10.0. The number of hydrogen-bond acceptors (Lipinski definition) is 4. The van der Waals surface area contributed by atoms with Crippen molar-refractivity contribution in [2.75, 3.05) is 0 Å². The molecule has 0 aliphatic carbocycles. The minimum atomic E-state index is -1.87. The molecule has 2 atom stereocenters. The number of nitrogens with one attached hydrogen (secondary N) is 1. The zero-order chi connectivity index (χ0) is 15.6. The number of hydrogen-bond donors (Lipinski definition) is 4. The fraction of sp³-hybridized carbons (Fsp3) is 0.273. The van der Waals surface area contributed by atoms with Gasteiger partial charge in [-0.1, -0.05) is 0 Å². The number of carbonyl (C=O) groups is 2. The van der Waals surface area contributed by atoms with Gasteiger partial charge in [0.15, 0.2) is 23.4 Å². The van der Waals surface area contributed by atoms with Crippen LogP contribution in [0.4, 0.5) is 13.2 Å². The van der Waals surface area contributed by atoms with Gasteiger partial charge in [0.2, 0.25) is 5.82 Å². The molecule has 1 aromatic carbocycles. The van der Waals surface area contributed by atoms with E-state index in [0.717, 1.165) is 6.92 Å². The number of halogens is 3. The Morgan fingerprint density at radius 1 is 1.25 bits per heavy atom. The van der Waals surface area contributed by atoms with E-state index >= 15 is 0 Å². The van der Waals surface area contributed by atoms with Gasteiger partial charge < -0.3 is 20.6 Å². The van der Waals surface area contributed by atoms with E-state index in [-0.39, 0.29) is 6.07 Å². The molecular weight excluding hydrogens is 283 g/mol. The molecule has 0 spiro atoms. The van der Waals surface area contributed by atoms with Crippen molar-refractivity contribution >= 4 is 11.9 Å². The van der Waals surface area contributed by atoms with Crippen molar-refractivity contribution in [3.63, 3.8) is 0 Å². The predicted octanol–water partition coefficient (Wildman–Crippen LogP) is 0.373. The summed E-state index contributed by atoms with van der Waals surface area (Å²) in [4.78, 5) is 22.3. The predicted molar refractivity (Wildman–Crippen MR) is 58.6 cm³/mol. The number of benzene rings is 1. The standard InChI is InChI=1S/C11H10F3NO5/c1-3(16)8(11(19)20)15-10(18)4-2-5(12)7(14)9(17)6(4)13/h2-3,8,16-17H,1H3,(H,15,18)(H,19,20). The van der Waals surface area contributed by atoms with Crippen molar-refractivity contribution in [1.82, 2.24) is 5.32 Å². The summed E-state index contributed by atoms with van der Waals surface area (Å²) in [6, 6.07) is -1.61. The van der Waals surface area contributed by atoms with Gasteiger partial charge in [-0.05, 0) is 13.0 Å². The zero-order valence-electron chi connectivity index (χ0n) is 10.0. The largest absolute Gasteiger partial charge is 0.503 e. The van der Waals surface area contributed by atoms with Gasteiger partial charge in [-0.25, -0.2) is 13.6 Å². The van der Waals surface area contributed by atoms with Crippen LogP contribution in [0.15, 0.2) is 6.07 Å². The highest BCUT2D eigenvalue weighted by atomic mass is 19.2. The summed E-state index contributed by atoms with van der Waals surface area (Å²) >= 11 is 0. The van der Waals surface area contributed by atoms with Gasteiger partial charge in [0, 0.05) is 0 Å². The molecule has 0 saturated carbocycles. The van der Waals surface area contributed by atoms with Gasteiger partial charge in [0.05, 0.1) is 11.7 Å². The Labute approximate surface area is 110 Å². The summed E-state index contributed by atoms with van der Waals surface area (Å²) < 4.78 is 39.2. The highest BCUT2D eigenvalue weighted by Crippen LogP contribution is 2.25. The van der Waals surface area contributed by atoms with Crippen LogP contribution in [0.5, 0.6) is 5.75 Å². The SMILES string of the molecule is CC(O)C(NC(=O)c1cc(F)c(F)c(O)c1F)C(=O)O. The molecule has 1 amide bonds. The summed E-state index contributed by atoms with van der Waals surface area (Å²) in [6.07, 6.45) is -1.52. The van der Waals surface area contributed by atoms with E-state index in [9.17, 15) is 22.8 Å². The van der Waals surface area contributed by atoms with Crippen LogP contribution in [0, 0.1) is 17.5 Å². The quantitative estimate of drug-likeness (QED) is 0.600. The first-order valence-electron chi connectivity index (χ1n) is 5.25. The third kappa shape index (κ3) is 2.99. The van der Waals surface area contributed by atoms with Crippen molar-refractivity contribution in [1.29, 1.82) is 0 Å². The number of carboxylic acids is 1. The highest BCUT2D eigenvalue weighted by Gasteiger charge is 2.28. The monoisotopic (exact) mass is 293 g/mol. The smallest absolute Gasteiger partial charge is 0.328 e. The maximum atomic E-state index is 13.4. The van der Waals surface area contributed by atoms with Crippen LogP contribution < -0.4 is 5.32 Å². The van der Waals surface area contributed by atoms with Gasteiger partial charge in [0.1, 0.15) is 0 Å². The third-order valence-electron chi connectivity index (χ3n) is 2.41. The first-order valence-corrected chi connectivity index (χ1v) is 5.25. The maximum absolute atomic E-state index is 13.4. The molecule has 1 aromatic rings. The number of aliphatic carboxylic acids is 1. The van der Waals surface area contributed by atoms with Crippen molar-refractivity contribution in [2.45, 2.75) is 19.1 Å².